The van der Waals surface area contributed by atoms with E-state index in [4.69, 9.17) is 4.74 Å². The second kappa shape index (κ2) is 11.5. The number of hydrogen-bond acceptors (Lipinski definition) is 4. The highest BCUT2D eigenvalue weighted by Crippen LogP contribution is 2.19. The van der Waals surface area contributed by atoms with Crippen LogP contribution in [0.4, 0.5) is 0 Å². The minimum atomic E-state index is -3.36. The van der Waals surface area contributed by atoms with E-state index in [-0.39, 0.29) is 5.75 Å². The first-order chi connectivity index (χ1) is 14.6. The molecule has 1 aromatic rings. The van der Waals surface area contributed by atoms with E-state index in [2.05, 4.69) is 21.7 Å². The fraction of sp³-hybridized carbons (Fsp3) is 0.591. The van der Waals surface area contributed by atoms with Gasteiger partial charge in [-0.15, -0.1) is 0 Å². The summed E-state index contributed by atoms with van der Waals surface area (Å²) in [4.78, 5) is 4.30. The molecule has 30 heavy (non-hydrogen) atoms. The van der Waals surface area contributed by atoms with Crippen LogP contribution >= 0.6 is 0 Å². The molecule has 1 saturated heterocycles. The first kappa shape index (κ1) is 22.8. The lowest BCUT2D eigenvalue weighted by Crippen LogP contribution is -2.41. The van der Waals surface area contributed by atoms with Crippen molar-refractivity contribution in [1.82, 2.24) is 14.9 Å². The van der Waals surface area contributed by atoms with Crippen LogP contribution in [0, 0.1) is 0 Å². The van der Waals surface area contributed by atoms with Gasteiger partial charge in [0.05, 0.1) is 19.0 Å². The van der Waals surface area contributed by atoms with E-state index in [1.54, 1.807) is 7.05 Å². The van der Waals surface area contributed by atoms with Crippen LogP contribution in [0.25, 0.3) is 0 Å². The van der Waals surface area contributed by atoms with Crippen molar-refractivity contribution in [2.45, 2.75) is 44.4 Å². The Morgan fingerprint density at radius 1 is 1.13 bits per heavy atom. The summed E-state index contributed by atoms with van der Waals surface area (Å²) in [6, 6.07) is 7.68. The molecule has 2 aliphatic rings. The van der Waals surface area contributed by atoms with E-state index in [1.165, 1.54) is 35.6 Å². The van der Waals surface area contributed by atoms with E-state index >= 15 is 0 Å². The zero-order valence-electron chi connectivity index (χ0n) is 17.9. The van der Waals surface area contributed by atoms with Gasteiger partial charge >= 0.3 is 0 Å². The Balaban J connectivity index is 1.53. The normalized spacial score (nSPS) is 18.7. The van der Waals surface area contributed by atoms with Gasteiger partial charge in [0, 0.05) is 33.2 Å². The molecule has 0 spiro atoms. The van der Waals surface area contributed by atoms with E-state index in [0.29, 0.717) is 32.8 Å². The maximum absolute atomic E-state index is 12.8. The maximum atomic E-state index is 12.8. The molecule has 1 aliphatic heterocycles. The zero-order chi connectivity index (χ0) is 21.2. The Morgan fingerprint density at radius 3 is 2.60 bits per heavy atom. The van der Waals surface area contributed by atoms with Gasteiger partial charge in [0.1, 0.15) is 0 Å². The van der Waals surface area contributed by atoms with Crippen molar-refractivity contribution in [1.29, 1.82) is 0 Å². The highest BCUT2D eigenvalue weighted by molar-refractivity contribution is 7.88. The summed E-state index contributed by atoms with van der Waals surface area (Å²) < 4.78 is 32.4. The number of sulfonamides is 1. The number of aliphatic imine (C=N–C) groups is 1. The number of morpholine rings is 1. The van der Waals surface area contributed by atoms with Crippen LogP contribution < -0.4 is 10.6 Å². The van der Waals surface area contributed by atoms with Crippen molar-refractivity contribution in [3.8, 4) is 0 Å². The number of ether oxygens (including phenoxy) is 1. The molecule has 0 atom stereocenters. The molecule has 0 radical (unpaired) electrons. The quantitative estimate of drug-likeness (QED) is 0.373. The lowest BCUT2D eigenvalue weighted by Gasteiger charge is -2.26. The van der Waals surface area contributed by atoms with Gasteiger partial charge in [-0.1, -0.05) is 35.9 Å². The summed E-state index contributed by atoms with van der Waals surface area (Å²) in [6.45, 7) is 3.14. The van der Waals surface area contributed by atoms with Gasteiger partial charge in [-0.25, -0.2) is 8.42 Å². The Bertz CT molecular complexity index is 846. The van der Waals surface area contributed by atoms with Crippen molar-refractivity contribution < 1.29 is 13.2 Å². The lowest BCUT2D eigenvalue weighted by atomic mass is 9.97. The molecule has 1 heterocycles. The first-order valence-corrected chi connectivity index (χ1v) is 12.4. The minimum Gasteiger partial charge on any atom is -0.379 e. The second-order valence-electron chi connectivity index (χ2n) is 7.75. The van der Waals surface area contributed by atoms with E-state index in [0.717, 1.165) is 30.1 Å². The summed E-state index contributed by atoms with van der Waals surface area (Å²) in [6.07, 6.45) is 8.41. The predicted molar refractivity (Wildman–Crippen MR) is 121 cm³/mol. The smallest absolute Gasteiger partial charge is 0.218 e. The van der Waals surface area contributed by atoms with Crippen LogP contribution in [0.2, 0.25) is 0 Å². The number of nitrogens with zero attached hydrogens (tertiary/aromatic N) is 2. The third-order valence-electron chi connectivity index (χ3n) is 5.61. The van der Waals surface area contributed by atoms with Crippen LogP contribution in [0.5, 0.6) is 0 Å². The summed E-state index contributed by atoms with van der Waals surface area (Å²) in [5, 5.41) is 6.68. The standard InChI is InChI=1S/C22H34N4O3S/c1-23-22(24-12-11-19-7-3-2-4-8-19)25-17-20-9-5-6-10-21(20)18-30(27,28)26-13-15-29-16-14-26/h5-7,9-10H,2-4,8,11-18H2,1H3,(H2,23,24,25). The van der Waals surface area contributed by atoms with Gasteiger partial charge in [-0.2, -0.15) is 4.31 Å². The van der Waals surface area contributed by atoms with Gasteiger partial charge in [0.25, 0.3) is 0 Å². The number of allylic oxidation sites excluding steroid dienone is 1. The summed E-state index contributed by atoms with van der Waals surface area (Å²) in [7, 11) is -1.60. The largest absolute Gasteiger partial charge is 0.379 e. The fourth-order valence-electron chi connectivity index (χ4n) is 3.86. The van der Waals surface area contributed by atoms with Gasteiger partial charge < -0.3 is 15.4 Å². The molecular formula is C22H34N4O3S. The molecule has 0 saturated carbocycles. The molecule has 8 heteroatoms. The number of rotatable bonds is 8. The van der Waals surface area contributed by atoms with Gasteiger partial charge in [0.2, 0.25) is 10.0 Å². The van der Waals surface area contributed by atoms with Gasteiger partial charge in [0.15, 0.2) is 5.96 Å². The van der Waals surface area contributed by atoms with Crippen LogP contribution in [0.15, 0.2) is 40.9 Å². The van der Waals surface area contributed by atoms with E-state index in [1.807, 2.05) is 24.3 Å². The number of hydrogen-bond donors (Lipinski definition) is 2. The molecule has 3 rings (SSSR count). The van der Waals surface area contributed by atoms with Crippen molar-refractivity contribution in [3.05, 3.63) is 47.0 Å². The first-order valence-electron chi connectivity index (χ1n) is 10.8. The molecule has 1 aromatic carbocycles. The monoisotopic (exact) mass is 434 g/mol. The van der Waals surface area contributed by atoms with Crippen LogP contribution in [0.3, 0.4) is 0 Å². The maximum Gasteiger partial charge on any atom is 0.218 e. The molecule has 2 N–H and O–H groups in total. The van der Waals surface area contributed by atoms with Gasteiger partial charge in [-0.05, 0) is 43.2 Å². The summed E-state index contributed by atoms with van der Waals surface area (Å²) in [5.74, 6) is 0.739. The molecule has 0 bridgehead atoms. The molecule has 0 aromatic heterocycles. The third-order valence-corrected chi connectivity index (χ3v) is 7.44. The van der Waals surface area contributed by atoms with Crippen LogP contribution in [0.1, 0.15) is 43.2 Å². The molecule has 0 amide bonds. The zero-order valence-corrected chi connectivity index (χ0v) is 18.7. The molecule has 1 aliphatic carbocycles. The Labute approximate surface area is 180 Å². The molecular weight excluding hydrogens is 400 g/mol. The van der Waals surface area contributed by atoms with E-state index in [9.17, 15) is 8.42 Å². The highest BCUT2D eigenvalue weighted by Gasteiger charge is 2.25. The minimum absolute atomic E-state index is 0.00500. The third kappa shape index (κ3) is 6.82. The topological polar surface area (TPSA) is 83.0 Å². The number of benzene rings is 1. The number of nitrogens with one attached hydrogen (secondary N) is 2. The molecule has 0 unspecified atom stereocenters. The molecule has 166 valence electrons. The van der Waals surface area contributed by atoms with Crippen LogP contribution in [-0.4, -0.2) is 58.6 Å². The fourth-order valence-corrected chi connectivity index (χ4v) is 5.42. The Morgan fingerprint density at radius 2 is 1.90 bits per heavy atom. The Kier molecular flexibility index (Phi) is 8.72. The van der Waals surface area contributed by atoms with Crippen molar-refractivity contribution >= 4 is 16.0 Å². The summed E-state index contributed by atoms with van der Waals surface area (Å²) in [5.41, 5.74) is 3.31. The summed E-state index contributed by atoms with van der Waals surface area (Å²) >= 11 is 0. The van der Waals surface area contributed by atoms with Crippen LogP contribution in [-0.2, 0) is 27.1 Å². The molecule has 7 nitrogen and oxygen atoms in total. The van der Waals surface area contributed by atoms with Crippen molar-refractivity contribution in [2.24, 2.45) is 4.99 Å². The van der Waals surface area contributed by atoms with E-state index < -0.39 is 10.0 Å². The van der Waals surface area contributed by atoms with Crippen molar-refractivity contribution in [3.63, 3.8) is 0 Å². The van der Waals surface area contributed by atoms with Crippen molar-refractivity contribution in [2.75, 3.05) is 39.9 Å². The predicted octanol–water partition coefficient (Wildman–Crippen LogP) is 2.40. The Hall–Kier alpha value is -1.90. The second-order valence-corrected chi connectivity index (χ2v) is 9.72. The average molecular weight is 435 g/mol. The molecule has 1 fully saturated rings. The van der Waals surface area contributed by atoms with Gasteiger partial charge in [-0.3, -0.25) is 4.99 Å². The highest BCUT2D eigenvalue weighted by atomic mass is 32.2. The number of guanidine groups is 1. The average Bonchev–Trinajstić information content (AvgIpc) is 2.78. The lowest BCUT2D eigenvalue weighted by molar-refractivity contribution is 0.0729. The SMILES string of the molecule is CN=C(NCCC1=CCCCC1)NCc1ccccc1CS(=O)(=O)N1CCOCC1.